The Morgan fingerprint density at radius 3 is 2.67 bits per heavy atom. The number of benzene rings is 2. The van der Waals surface area contributed by atoms with Crippen LogP contribution in [0.2, 0.25) is 0 Å². The summed E-state index contributed by atoms with van der Waals surface area (Å²) in [4.78, 5) is 15.5. The van der Waals surface area contributed by atoms with Gasteiger partial charge in [0.05, 0.1) is 4.91 Å². The summed E-state index contributed by atoms with van der Waals surface area (Å²) in [6.45, 7) is 3.94. The second kappa shape index (κ2) is 6.46. The number of nitrogens with zero attached hydrogens (tertiary/aromatic N) is 1. The van der Waals surface area contributed by atoms with E-state index in [1.807, 2.05) is 6.08 Å². The normalized spacial score (nSPS) is 22.5. The number of hydrogen-bond donors (Lipinski definition) is 1. The van der Waals surface area contributed by atoms with Crippen molar-refractivity contribution in [1.82, 2.24) is 10.2 Å². The minimum atomic E-state index is 0.0301. The standard InChI is InChI=1S/C20H20N2OS/c1-14-6-8-15(9-7-14)12-18-19(23)21-20(24-18)22-11-10-16-4-2-3-5-17(16)13-22/h2-9,12,20H,10-11,13H2,1H3,(H,21,23)/b18-12+/t20-/m0/s1. The Balaban J connectivity index is 1.49. The van der Waals surface area contributed by atoms with Gasteiger partial charge in [0.2, 0.25) is 0 Å². The topological polar surface area (TPSA) is 32.3 Å². The van der Waals surface area contributed by atoms with Crippen molar-refractivity contribution in [3.8, 4) is 0 Å². The van der Waals surface area contributed by atoms with E-state index in [-0.39, 0.29) is 11.4 Å². The molecule has 0 aromatic heterocycles. The third kappa shape index (κ3) is 3.12. The molecule has 2 aliphatic heterocycles. The molecule has 4 heteroatoms. The molecular formula is C20H20N2OS. The van der Waals surface area contributed by atoms with Gasteiger partial charge in [-0.25, -0.2) is 0 Å². The van der Waals surface area contributed by atoms with Crippen molar-refractivity contribution in [2.45, 2.75) is 25.4 Å². The van der Waals surface area contributed by atoms with E-state index in [0.717, 1.165) is 30.0 Å². The summed E-state index contributed by atoms with van der Waals surface area (Å²) in [7, 11) is 0. The highest BCUT2D eigenvalue weighted by Gasteiger charge is 2.33. The first-order chi connectivity index (χ1) is 11.7. The van der Waals surface area contributed by atoms with Crippen molar-refractivity contribution < 1.29 is 4.79 Å². The molecule has 2 heterocycles. The number of hydrogen-bond acceptors (Lipinski definition) is 3. The van der Waals surface area contributed by atoms with Crippen LogP contribution in [0.1, 0.15) is 22.3 Å². The monoisotopic (exact) mass is 336 g/mol. The van der Waals surface area contributed by atoms with Gasteiger partial charge in [-0.05, 0) is 36.1 Å². The maximum absolute atomic E-state index is 12.3. The first-order valence-electron chi connectivity index (χ1n) is 8.26. The summed E-state index contributed by atoms with van der Waals surface area (Å²) in [5, 5.41) is 3.12. The molecule has 122 valence electrons. The third-order valence-corrected chi connectivity index (χ3v) is 5.78. The van der Waals surface area contributed by atoms with Gasteiger partial charge in [0.1, 0.15) is 5.50 Å². The van der Waals surface area contributed by atoms with E-state index < -0.39 is 0 Å². The lowest BCUT2D eigenvalue weighted by molar-refractivity contribution is -0.117. The van der Waals surface area contributed by atoms with Crippen molar-refractivity contribution in [2.24, 2.45) is 0 Å². The number of rotatable bonds is 2. The summed E-state index contributed by atoms with van der Waals surface area (Å²) in [6.07, 6.45) is 3.03. The fourth-order valence-corrected chi connectivity index (χ4v) is 4.29. The molecule has 0 unspecified atom stereocenters. The lowest BCUT2D eigenvalue weighted by atomic mass is 10.0. The van der Waals surface area contributed by atoms with Crippen LogP contribution in [-0.2, 0) is 17.8 Å². The van der Waals surface area contributed by atoms with Crippen LogP contribution in [0, 0.1) is 6.92 Å². The van der Waals surface area contributed by atoms with Crippen LogP contribution in [0.15, 0.2) is 53.4 Å². The predicted octanol–water partition coefficient (Wildman–Crippen LogP) is 3.54. The Kier molecular flexibility index (Phi) is 4.17. The zero-order valence-electron chi connectivity index (χ0n) is 13.7. The summed E-state index contributed by atoms with van der Waals surface area (Å²) >= 11 is 1.63. The molecular weight excluding hydrogens is 316 g/mol. The van der Waals surface area contributed by atoms with Gasteiger partial charge in [0, 0.05) is 13.1 Å². The van der Waals surface area contributed by atoms with E-state index in [9.17, 15) is 4.79 Å². The van der Waals surface area contributed by atoms with E-state index >= 15 is 0 Å². The molecule has 2 aromatic rings. The molecule has 1 amide bonds. The van der Waals surface area contributed by atoms with Crippen molar-refractivity contribution in [3.05, 3.63) is 75.7 Å². The number of amides is 1. The largest absolute Gasteiger partial charge is 0.327 e. The van der Waals surface area contributed by atoms with Gasteiger partial charge in [-0.3, -0.25) is 9.69 Å². The molecule has 4 rings (SSSR count). The SMILES string of the molecule is Cc1ccc(/C=C2/S[C@H](N3CCc4ccccc4C3)NC2=O)cc1. The number of nitrogens with one attached hydrogen (secondary N) is 1. The average molecular weight is 336 g/mol. The maximum atomic E-state index is 12.3. The molecule has 1 fully saturated rings. The zero-order valence-corrected chi connectivity index (χ0v) is 14.5. The first-order valence-corrected chi connectivity index (χ1v) is 9.14. The minimum Gasteiger partial charge on any atom is -0.327 e. The highest BCUT2D eigenvalue weighted by Crippen LogP contribution is 2.33. The quantitative estimate of drug-likeness (QED) is 0.852. The molecule has 0 aliphatic carbocycles. The Labute approximate surface area is 146 Å². The summed E-state index contributed by atoms with van der Waals surface area (Å²) in [5.74, 6) is 0.0319. The number of aryl methyl sites for hydroxylation is 1. The maximum Gasteiger partial charge on any atom is 0.259 e. The van der Waals surface area contributed by atoms with Crippen LogP contribution < -0.4 is 5.32 Å². The highest BCUT2D eigenvalue weighted by atomic mass is 32.2. The van der Waals surface area contributed by atoms with Crippen molar-refractivity contribution in [1.29, 1.82) is 0 Å². The molecule has 1 N–H and O–H groups in total. The van der Waals surface area contributed by atoms with Crippen LogP contribution in [0.25, 0.3) is 6.08 Å². The summed E-state index contributed by atoms with van der Waals surface area (Å²) < 4.78 is 0. The van der Waals surface area contributed by atoms with Crippen molar-refractivity contribution >= 4 is 23.7 Å². The number of carbonyl (C=O) groups excluding carboxylic acids is 1. The van der Waals surface area contributed by atoms with E-state index in [1.54, 1.807) is 11.8 Å². The van der Waals surface area contributed by atoms with Gasteiger partial charge >= 0.3 is 0 Å². The lowest BCUT2D eigenvalue weighted by Gasteiger charge is -2.32. The van der Waals surface area contributed by atoms with E-state index in [0.29, 0.717) is 0 Å². The van der Waals surface area contributed by atoms with Gasteiger partial charge in [-0.2, -0.15) is 0 Å². The van der Waals surface area contributed by atoms with Crippen molar-refractivity contribution in [2.75, 3.05) is 6.54 Å². The molecule has 2 aliphatic rings. The Bertz CT molecular complexity index is 798. The number of fused-ring (bicyclic) bond motifs is 1. The predicted molar refractivity (Wildman–Crippen MR) is 99.2 cm³/mol. The van der Waals surface area contributed by atoms with Gasteiger partial charge < -0.3 is 5.32 Å². The molecule has 1 saturated heterocycles. The molecule has 3 nitrogen and oxygen atoms in total. The fraction of sp³-hybridized carbons (Fsp3) is 0.250. The van der Waals surface area contributed by atoms with Gasteiger partial charge in [0.25, 0.3) is 5.91 Å². The zero-order chi connectivity index (χ0) is 16.5. The van der Waals surface area contributed by atoms with E-state index in [4.69, 9.17) is 0 Å². The summed E-state index contributed by atoms with van der Waals surface area (Å²) in [5.41, 5.74) is 5.13. The third-order valence-electron chi connectivity index (χ3n) is 4.58. The van der Waals surface area contributed by atoms with Gasteiger partial charge in [-0.1, -0.05) is 65.9 Å². The fourth-order valence-electron chi connectivity index (χ4n) is 3.18. The molecule has 1 atom stereocenters. The van der Waals surface area contributed by atoms with Crippen LogP contribution in [0.4, 0.5) is 0 Å². The molecule has 0 spiro atoms. The van der Waals surface area contributed by atoms with Crippen LogP contribution >= 0.6 is 11.8 Å². The highest BCUT2D eigenvalue weighted by molar-refractivity contribution is 8.05. The molecule has 0 saturated carbocycles. The number of carbonyl (C=O) groups is 1. The Hall–Kier alpha value is -2.04. The second-order valence-corrected chi connectivity index (χ2v) is 7.47. The van der Waals surface area contributed by atoms with E-state index in [1.165, 1.54) is 16.7 Å². The second-order valence-electron chi connectivity index (χ2n) is 6.35. The molecule has 2 aromatic carbocycles. The van der Waals surface area contributed by atoms with Crippen LogP contribution in [0.5, 0.6) is 0 Å². The smallest absolute Gasteiger partial charge is 0.259 e. The Morgan fingerprint density at radius 2 is 1.88 bits per heavy atom. The van der Waals surface area contributed by atoms with Crippen LogP contribution in [0.3, 0.4) is 0 Å². The van der Waals surface area contributed by atoms with E-state index in [2.05, 4.69) is 65.7 Å². The van der Waals surface area contributed by atoms with Gasteiger partial charge in [-0.15, -0.1) is 0 Å². The van der Waals surface area contributed by atoms with Gasteiger partial charge in [0.15, 0.2) is 0 Å². The Morgan fingerprint density at radius 1 is 1.12 bits per heavy atom. The first kappa shape index (κ1) is 15.5. The summed E-state index contributed by atoms with van der Waals surface area (Å²) in [6, 6.07) is 16.8. The lowest BCUT2D eigenvalue weighted by Crippen LogP contribution is -2.44. The average Bonchev–Trinajstić information content (AvgIpc) is 2.97. The minimum absolute atomic E-state index is 0.0301. The van der Waals surface area contributed by atoms with Crippen LogP contribution in [-0.4, -0.2) is 22.8 Å². The van der Waals surface area contributed by atoms with Crippen molar-refractivity contribution in [3.63, 3.8) is 0 Å². The molecule has 0 radical (unpaired) electrons. The molecule has 0 bridgehead atoms. The number of thioether (sulfide) groups is 1. The molecule has 24 heavy (non-hydrogen) atoms.